The van der Waals surface area contributed by atoms with Gasteiger partial charge in [0.25, 0.3) is 5.91 Å². The van der Waals surface area contributed by atoms with Gasteiger partial charge in [-0.25, -0.2) is 8.78 Å². The first-order valence-corrected chi connectivity index (χ1v) is 6.23. The van der Waals surface area contributed by atoms with Crippen molar-refractivity contribution in [2.75, 3.05) is 24.3 Å². The largest absolute Gasteiger partial charge is 0.484 e. The molecule has 2 aromatic rings. The van der Waals surface area contributed by atoms with E-state index >= 15 is 0 Å². The fraction of sp³-hybridized carbons (Fsp3) is 0.133. The van der Waals surface area contributed by atoms with Gasteiger partial charge in [0.05, 0.1) is 0 Å². The number of ether oxygens (including phenoxy) is 1. The number of benzene rings is 2. The first kappa shape index (κ1) is 14.8. The van der Waals surface area contributed by atoms with E-state index in [4.69, 9.17) is 4.74 Å². The number of hydrogen-bond donors (Lipinski definition) is 2. The quantitative estimate of drug-likeness (QED) is 0.890. The summed E-state index contributed by atoms with van der Waals surface area (Å²) in [5.74, 6) is -1.49. The minimum atomic E-state index is -0.756. The van der Waals surface area contributed by atoms with Crippen LogP contribution in [0, 0.1) is 11.6 Å². The van der Waals surface area contributed by atoms with Gasteiger partial charge in [0.15, 0.2) is 6.61 Å². The lowest BCUT2D eigenvalue weighted by Crippen LogP contribution is -2.20. The first-order valence-electron chi connectivity index (χ1n) is 6.23. The predicted octanol–water partition coefficient (Wildman–Crippen LogP) is 3.02. The van der Waals surface area contributed by atoms with Gasteiger partial charge in [0, 0.05) is 24.5 Å². The van der Waals surface area contributed by atoms with Crippen LogP contribution in [-0.4, -0.2) is 19.6 Å². The molecule has 2 aromatic carbocycles. The minimum absolute atomic E-state index is 0.0478. The number of halogens is 2. The molecule has 0 heterocycles. The van der Waals surface area contributed by atoms with Crippen LogP contribution < -0.4 is 15.4 Å². The molecule has 0 unspecified atom stereocenters. The fourth-order valence-corrected chi connectivity index (χ4v) is 1.69. The molecule has 0 bridgehead atoms. The molecule has 0 aliphatic rings. The van der Waals surface area contributed by atoms with Gasteiger partial charge >= 0.3 is 0 Å². The Morgan fingerprint density at radius 2 is 1.67 bits per heavy atom. The van der Waals surface area contributed by atoms with Crippen molar-refractivity contribution < 1.29 is 18.3 Å². The van der Waals surface area contributed by atoms with E-state index in [1.54, 1.807) is 31.3 Å². The molecule has 0 fully saturated rings. The molecule has 0 aromatic heterocycles. The molecule has 21 heavy (non-hydrogen) atoms. The topological polar surface area (TPSA) is 50.4 Å². The molecule has 0 saturated heterocycles. The van der Waals surface area contributed by atoms with Crippen LogP contribution in [-0.2, 0) is 4.79 Å². The number of carbonyl (C=O) groups excluding carboxylic acids is 1. The highest BCUT2D eigenvalue weighted by Crippen LogP contribution is 2.16. The molecule has 4 nitrogen and oxygen atoms in total. The second-order valence-corrected chi connectivity index (χ2v) is 4.27. The molecule has 0 aliphatic carbocycles. The maximum Gasteiger partial charge on any atom is 0.262 e. The van der Waals surface area contributed by atoms with Gasteiger partial charge in [0.1, 0.15) is 17.4 Å². The Bertz CT molecular complexity index is 610. The number of amides is 1. The molecule has 2 rings (SSSR count). The average Bonchev–Trinajstić information content (AvgIpc) is 2.44. The van der Waals surface area contributed by atoms with E-state index in [-0.39, 0.29) is 12.3 Å². The van der Waals surface area contributed by atoms with Crippen molar-refractivity contribution in [3.05, 3.63) is 54.1 Å². The summed E-state index contributed by atoms with van der Waals surface area (Å²) in [4.78, 5) is 11.6. The lowest BCUT2D eigenvalue weighted by atomic mass is 10.3. The van der Waals surface area contributed by atoms with Crippen molar-refractivity contribution in [3.8, 4) is 5.75 Å². The molecule has 0 aliphatic heterocycles. The molecule has 1 amide bonds. The highest BCUT2D eigenvalue weighted by molar-refractivity contribution is 5.91. The van der Waals surface area contributed by atoms with Crippen LogP contribution in [0.4, 0.5) is 20.2 Å². The normalized spacial score (nSPS) is 10.0. The smallest absolute Gasteiger partial charge is 0.262 e. The van der Waals surface area contributed by atoms with E-state index in [2.05, 4.69) is 10.6 Å². The zero-order valence-electron chi connectivity index (χ0n) is 11.3. The molecule has 6 heteroatoms. The fourth-order valence-electron chi connectivity index (χ4n) is 1.69. The van der Waals surface area contributed by atoms with E-state index in [1.165, 1.54) is 0 Å². The second kappa shape index (κ2) is 6.69. The number of hydrogen-bond acceptors (Lipinski definition) is 3. The Morgan fingerprint density at radius 3 is 2.24 bits per heavy atom. The van der Waals surface area contributed by atoms with Crippen LogP contribution in [0.2, 0.25) is 0 Å². The monoisotopic (exact) mass is 292 g/mol. The van der Waals surface area contributed by atoms with Gasteiger partial charge < -0.3 is 15.4 Å². The molecular formula is C15H14F2N2O2. The summed E-state index contributed by atoms with van der Waals surface area (Å²) in [6.07, 6.45) is 0. The van der Waals surface area contributed by atoms with Crippen LogP contribution in [0.3, 0.4) is 0 Å². The number of anilines is 2. The van der Waals surface area contributed by atoms with Gasteiger partial charge in [-0.1, -0.05) is 0 Å². The third-order valence-corrected chi connectivity index (χ3v) is 2.66. The summed E-state index contributed by atoms with van der Waals surface area (Å²) in [6.45, 7) is -0.253. The van der Waals surface area contributed by atoms with Crippen molar-refractivity contribution in [2.45, 2.75) is 0 Å². The first-order chi connectivity index (χ1) is 10.1. The number of nitrogens with one attached hydrogen (secondary N) is 2. The third kappa shape index (κ3) is 4.45. The van der Waals surface area contributed by atoms with Crippen LogP contribution in [0.1, 0.15) is 0 Å². The van der Waals surface area contributed by atoms with Crippen LogP contribution in [0.25, 0.3) is 0 Å². The Hall–Kier alpha value is -2.63. The molecule has 0 saturated carbocycles. The Kier molecular flexibility index (Phi) is 4.71. The van der Waals surface area contributed by atoms with Crippen LogP contribution >= 0.6 is 0 Å². The molecule has 0 radical (unpaired) electrons. The maximum absolute atomic E-state index is 13.0. The maximum atomic E-state index is 13.0. The van der Waals surface area contributed by atoms with E-state index in [9.17, 15) is 13.6 Å². The lowest BCUT2D eigenvalue weighted by molar-refractivity contribution is -0.118. The Morgan fingerprint density at radius 1 is 1.05 bits per heavy atom. The van der Waals surface area contributed by atoms with Crippen molar-refractivity contribution in [2.24, 2.45) is 0 Å². The zero-order chi connectivity index (χ0) is 15.2. The predicted molar refractivity (Wildman–Crippen MR) is 76.5 cm³/mol. The van der Waals surface area contributed by atoms with E-state index in [0.717, 1.165) is 23.9 Å². The summed E-state index contributed by atoms with van der Waals surface area (Å²) in [5, 5.41) is 5.32. The lowest BCUT2D eigenvalue weighted by Gasteiger charge is -2.08. The third-order valence-electron chi connectivity index (χ3n) is 2.66. The molecule has 0 atom stereocenters. The number of rotatable bonds is 5. The van der Waals surface area contributed by atoms with E-state index in [0.29, 0.717) is 5.75 Å². The second-order valence-electron chi connectivity index (χ2n) is 4.27. The number of carbonyl (C=O) groups is 1. The SMILES string of the molecule is CNc1ccc(OCC(=O)Nc2cc(F)cc(F)c2)cc1. The van der Waals surface area contributed by atoms with E-state index < -0.39 is 17.5 Å². The minimum Gasteiger partial charge on any atom is -0.484 e. The van der Waals surface area contributed by atoms with Crippen LogP contribution in [0.5, 0.6) is 5.75 Å². The summed E-state index contributed by atoms with van der Waals surface area (Å²) >= 11 is 0. The van der Waals surface area contributed by atoms with Crippen LogP contribution in [0.15, 0.2) is 42.5 Å². The molecule has 0 spiro atoms. The van der Waals surface area contributed by atoms with Gasteiger partial charge in [-0.2, -0.15) is 0 Å². The molecule has 110 valence electrons. The average molecular weight is 292 g/mol. The van der Waals surface area contributed by atoms with Gasteiger partial charge in [-0.05, 0) is 36.4 Å². The van der Waals surface area contributed by atoms with Crippen molar-refractivity contribution in [1.29, 1.82) is 0 Å². The summed E-state index contributed by atoms with van der Waals surface area (Å²) in [7, 11) is 1.79. The standard InChI is InChI=1S/C15H14F2N2O2/c1-18-12-2-4-14(5-3-12)21-9-15(20)19-13-7-10(16)6-11(17)8-13/h2-8,18H,9H2,1H3,(H,19,20). The highest BCUT2D eigenvalue weighted by Gasteiger charge is 2.06. The Balaban J connectivity index is 1.89. The Labute approximate surface area is 120 Å². The van der Waals surface area contributed by atoms with Crippen molar-refractivity contribution in [1.82, 2.24) is 0 Å². The summed E-state index contributed by atoms with van der Waals surface area (Å²) in [6, 6.07) is 9.81. The summed E-state index contributed by atoms with van der Waals surface area (Å²) < 4.78 is 31.2. The molecular weight excluding hydrogens is 278 g/mol. The van der Waals surface area contributed by atoms with Gasteiger partial charge in [0.2, 0.25) is 0 Å². The van der Waals surface area contributed by atoms with E-state index in [1.807, 2.05) is 0 Å². The summed E-state index contributed by atoms with van der Waals surface area (Å²) in [5.41, 5.74) is 0.966. The van der Waals surface area contributed by atoms with Crippen molar-refractivity contribution in [3.63, 3.8) is 0 Å². The van der Waals surface area contributed by atoms with Crippen molar-refractivity contribution >= 4 is 17.3 Å². The zero-order valence-corrected chi connectivity index (χ0v) is 11.3. The highest BCUT2D eigenvalue weighted by atomic mass is 19.1. The molecule has 2 N–H and O–H groups in total. The van der Waals surface area contributed by atoms with Gasteiger partial charge in [-0.3, -0.25) is 4.79 Å². The van der Waals surface area contributed by atoms with Gasteiger partial charge in [-0.15, -0.1) is 0 Å².